The minimum absolute atomic E-state index is 0.0279. The maximum Gasteiger partial charge on any atom is 0.308 e. The molecule has 0 saturated heterocycles. The molecular formula is C12H24O4. The van der Waals surface area contributed by atoms with E-state index < -0.39 is 0 Å². The van der Waals surface area contributed by atoms with Gasteiger partial charge in [0.05, 0.1) is 25.2 Å². The molecule has 0 saturated carbocycles. The van der Waals surface area contributed by atoms with Crippen molar-refractivity contribution in [2.75, 3.05) is 19.8 Å². The Kier molecular flexibility index (Phi) is 8.21. The Morgan fingerprint density at radius 1 is 1.06 bits per heavy atom. The van der Waals surface area contributed by atoms with Crippen LogP contribution in [0.25, 0.3) is 0 Å². The van der Waals surface area contributed by atoms with Crippen LogP contribution in [0.2, 0.25) is 0 Å². The van der Waals surface area contributed by atoms with Crippen molar-refractivity contribution in [3.8, 4) is 0 Å². The first-order valence-electron chi connectivity index (χ1n) is 5.87. The van der Waals surface area contributed by atoms with Gasteiger partial charge in [-0.05, 0) is 20.8 Å². The predicted molar refractivity (Wildman–Crippen MR) is 62.3 cm³/mol. The molecule has 0 N–H and O–H groups in total. The maximum atomic E-state index is 11.3. The van der Waals surface area contributed by atoms with E-state index in [9.17, 15) is 4.79 Å². The van der Waals surface area contributed by atoms with Crippen LogP contribution in [0.5, 0.6) is 0 Å². The highest BCUT2D eigenvalue weighted by Gasteiger charge is 2.14. The number of hydrogen-bond acceptors (Lipinski definition) is 4. The normalized spacial score (nSPS) is 14.9. The molecule has 0 bridgehead atoms. The fraction of sp³-hybridized carbons (Fsp3) is 0.917. The second-order valence-corrected chi connectivity index (χ2v) is 4.21. The summed E-state index contributed by atoms with van der Waals surface area (Å²) in [6.07, 6.45) is -0.181. The fourth-order valence-corrected chi connectivity index (χ4v) is 1.00. The van der Waals surface area contributed by atoms with E-state index in [0.29, 0.717) is 19.8 Å². The molecule has 0 amide bonds. The highest BCUT2D eigenvalue weighted by molar-refractivity contribution is 5.71. The Labute approximate surface area is 98.3 Å². The zero-order valence-electron chi connectivity index (χ0n) is 11.0. The Morgan fingerprint density at radius 2 is 1.69 bits per heavy atom. The van der Waals surface area contributed by atoms with E-state index in [2.05, 4.69) is 0 Å². The van der Waals surface area contributed by atoms with Crippen LogP contribution in [0.1, 0.15) is 34.6 Å². The number of esters is 1. The van der Waals surface area contributed by atoms with Crippen LogP contribution >= 0.6 is 0 Å². The molecule has 4 nitrogen and oxygen atoms in total. The monoisotopic (exact) mass is 232 g/mol. The maximum absolute atomic E-state index is 11.3. The van der Waals surface area contributed by atoms with Gasteiger partial charge in [-0.1, -0.05) is 13.8 Å². The lowest BCUT2D eigenvalue weighted by Gasteiger charge is -2.18. The lowest BCUT2D eigenvalue weighted by Crippen LogP contribution is -2.26. The molecule has 0 aromatic heterocycles. The molecule has 0 aliphatic rings. The minimum atomic E-state index is -0.209. The van der Waals surface area contributed by atoms with E-state index in [1.165, 1.54) is 0 Å². The molecule has 4 heteroatoms. The molecule has 0 radical (unpaired) electrons. The van der Waals surface area contributed by atoms with Gasteiger partial charge in [-0.25, -0.2) is 0 Å². The Bertz CT molecular complexity index is 191. The Morgan fingerprint density at radius 3 is 2.19 bits per heavy atom. The summed E-state index contributed by atoms with van der Waals surface area (Å²) in [5.74, 6) is -0.281. The second kappa shape index (κ2) is 8.53. The molecule has 0 aromatic carbocycles. The van der Waals surface area contributed by atoms with Gasteiger partial charge in [-0.2, -0.15) is 0 Å². The molecule has 0 fully saturated rings. The summed E-state index contributed by atoms with van der Waals surface area (Å²) in [7, 11) is 0. The Balaban J connectivity index is 3.64. The van der Waals surface area contributed by atoms with Gasteiger partial charge in [0.15, 0.2) is 0 Å². The third-order valence-electron chi connectivity index (χ3n) is 1.96. The number of hydrogen-bond donors (Lipinski definition) is 0. The molecule has 0 spiro atoms. The number of carbonyl (C=O) groups is 1. The zero-order chi connectivity index (χ0) is 12.6. The predicted octanol–water partition coefficient (Wildman–Crippen LogP) is 2.02. The summed E-state index contributed by atoms with van der Waals surface area (Å²) >= 11 is 0. The first-order chi connectivity index (χ1) is 7.47. The average molecular weight is 232 g/mol. The fourth-order valence-electron chi connectivity index (χ4n) is 1.00. The summed E-state index contributed by atoms with van der Waals surface area (Å²) in [6, 6.07) is 0. The van der Waals surface area contributed by atoms with Crippen molar-refractivity contribution in [1.82, 2.24) is 0 Å². The van der Waals surface area contributed by atoms with Gasteiger partial charge >= 0.3 is 5.97 Å². The van der Waals surface area contributed by atoms with E-state index in [4.69, 9.17) is 14.2 Å². The van der Waals surface area contributed by atoms with Crippen molar-refractivity contribution in [2.24, 2.45) is 5.92 Å². The van der Waals surface area contributed by atoms with E-state index in [1.54, 1.807) is 0 Å². The van der Waals surface area contributed by atoms with Gasteiger partial charge in [0.25, 0.3) is 0 Å². The highest BCUT2D eigenvalue weighted by Crippen LogP contribution is 2.02. The third kappa shape index (κ3) is 7.65. The standard InChI is InChI=1S/C12H24O4/c1-6-14-7-10(4)15-8-11(5)16-12(13)9(2)3/h9-11H,6-8H2,1-5H3. The van der Waals surface area contributed by atoms with Gasteiger partial charge < -0.3 is 14.2 Å². The number of carbonyl (C=O) groups excluding carboxylic acids is 1. The molecule has 0 aliphatic carbocycles. The van der Waals surface area contributed by atoms with Crippen LogP contribution in [0.15, 0.2) is 0 Å². The molecule has 0 aromatic rings. The van der Waals surface area contributed by atoms with Crippen molar-refractivity contribution in [1.29, 1.82) is 0 Å². The molecule has 0 aliphatic heterocycles. The summed E-state index contributed by atoms with van der Waals surface area (Å²) in [4.78, 5) is 11.3. The lowest BCUT2D eigenvalue weighted by atomic mass is 10.2. The quantitative estimate of drug-likeness (QED) is 0.601. The summed E-state index contributed by atoms with van der Waals surface area (Å²) in [5, 5.41) is 0. The van der Waals surface area contributed by atoms with Crippen LogP contribution in [0.4, 0.5) is 0 Å². The molecule has 2 atom stereocenters. The van der Waals surface area contributed by atoms with Gasteiger partial charge in [-0.15, -0.1) is 0 Å². The van der Waals surface area contributed by atoms with E-state index >= 15 is 0 Å². The van der Waals surface area contributed by atoms with Crippen molar-refractivity contribution in [3.05, 3.63) is 0 Å². The zero-order valence-corrected chi connectivity index (χ0v) is 11.0. The topological polar surface area (TPSA) is 44.8 Å². The van der Waals surface area contributed by atoms with E-state index in [1.807, 2.05) is 34.6 Å². The molecular weight excluding hydrogens is 208 g/mol. The molecule has 0 rings (SSSR count). The van der Waals surface area contributed by atoms with E-state index in [-0.39, 0.29) is 24.1 Å². The van der Waals surface area contributed by atoms with Gasteiger partial charge in [0, 0.05) is 6.61 Å². The smallest absolute Gasteiger partial charge is 0.308 e. The van der Waals surface area contributed by atoms with Crippen molar-refractivity contribution < 1.29 is 19.0 Å². The number of ether oxygens (including phenoxy) is 3. The molecule has 16 heavy (non-hydrogen) atoms. The summed E-state index contributed by atoms with van der Waals surface area (Å²) < 4.78 is 15.9. The summed E-state index contributed by atoms with van der Waals surface area (Å²) in [5.41, 5.74) is 0. The highest BCUT2D eigenvalue weighted by atomic mass is 16.6. The van der Waals surface area contributed by atoms with Gasteiger partial charge in [0.2, 0.25) is 0 Å². The second-order valence-electron chi connectivity index (χ2n) is 4.21. The van der Waals surface area contributed by atoms with Crippen molar-refractivity contribution in [3.63, 3.8) is 0 Å². The van der Waals surface area contributed by atoms with Crippen LogP contribution in [0, 0.1) is 5.92 Å². The molecule has 0 heterocycles. The average Bonchev–Trinajstić information content (AvgIpc) is 2.23. The Hall–Kier alpha value is -0.610. The van der Waals surface area contributed by atoms with Crippen molar-refractivity contribution >= 4 is 5.97 Å². The first-order valence-corrected chi connectivity index (χ1v) is 5.87. The molecule has 96 valence electrons. The SMILES string of the molecule is CCOCC(C)OCC(C)OC(=O)C(C)C. The number of rotatable bonds is 8. The van der Waals surface area contributed by atoms with Crippen LogP contribution in [-0.4, -0.2) is 38.0 Å². The largest absolute Gasteiger partial charge is 0.460 e. The van der Waals surface area contributed by atoms with E-state index in [0.717, 1.165) is 0 Å². The third-order valence-corrected chi connectivity index (χ3v) is 1.96. The van der Waals surface area contributed by atoms with Crippen LogP contribution in [0.3, 0.4) is 0 Å². The van der Waals surface area contributed by atoms with Gasteiger partial charge in [0.1, 0.15) is 6.10 Å². The van der Waals surface area contributed by atoms with Gasteiger partial charge in [-0.3, -0.25) is 4.79 Å². The van der Waals surface area contributed by atoms with Crippen molar-refractivity contribution in [2.45, 2.75) is 46.8 Å². The minimum Gasteiger partial charge on any atom is -0.460 e. The van der Waals surface area contributed by atoms with Crippen LogP contribution < -0.4 is 0 Å². The van der Waals surface area contributed by atoms with Crippen LogP contribution in [-0.2, 0) is 19.0 Å². The lowest BCUT2D eigenvalue weighted by molar-refractivity contribution is -0.156. The molecule has 2 unspecified atom stereocenters. The first kappa shape index (κ1) is 15.4. The summed E-state index contributed by atoms with van der Waals surface area (Å²) in [6.45, 7) is 11.0.